The molecular formula is C11H21ClN2OS. The van der Waals surface area contributed by atoms with Crippen molar-refractivity contribution in [3.8, 4) is 0 Å². The summed E-state index contributed by atoms with van der Waals surface area (Å²) < 4.78 is 0. The van der Waals surface area contributed by atoms with Crippen LogP contribution in [0.5, 0.6) is 0 Å². The zero-order valence-electron chi connectivity index (χ0n) is 9.61. The monoisotopic (exact) mass is 264 g/mol. The molecule has 94 valence electrons. The molecule has 2 saturated heterocycles. The Hall–Kier alpha value is 0.0700. The molecule has 1 amide bonds. The number of nitrogens with zero attached hydrogens (tertiary/aromatic N) is 1. The maximum absolute atomic E-state index is 12.2. The van der Waals surface area contributed by atoms with Crippen LogP contribution in [0.25, 0.3) is 0 Å². The van der Waals surface area contributed by atoms with Gasteiger partial charge in [-0.3, -0.25) is 4.79 Å². The van der Waals surface area contributed by atoms with Crippen molar-refractivity contribution in [3.63, 3.8) is 0 Å². The summed E-state index contributed by atoms with van der Waals surface area (Å²) >= 11 is 1.97. The van der Waals surface area contributed by atoms with Crippen molar-refractivity contribution in [2.45, 2.75) is 19.3 Å². The molecule has 0 radical (unpaired) electrons. The number of hydrogen-bond acceptors (Lipinski definition) is 3. The predicted octanol–water partition coefficient (Wildman–Crippen LogP) is 1.37. The highest BCUT2D eigenvalue weighted by Gasteiger charge is 2.25. The number of hydrogen-bond donors (Lipinski definition) is 1. The maximum Gasteiger partial charge on any atom is 0.226 e. The number of halogens is 1. The van der Waals surface area contributed by atoms with E-state index in [2.05, 4.69) is 10.2 Å². The summed E-state index contributed by atoms with van der Waals surface area (Å²) in [6, 6.07) is 0. The second-order valence-electron chi connectivity index (χ2n) is 4.33. The Kier molecular flexibility index (Phi) is 6.54. The molecule has 2 rings (SSSR count). The summed E-state index contributed by atoms with van der Waals surface area (Å²) in [7, 11) is 0. The van der Waals surface area contributed by atoms with Gasteiger partial charge in [-0.25, -0.2) is 0 Å². The topological polar surface area (TPSA) is 32.3 Å². The average Bonchev–Trinajstić information content (AvgIpc) is 2.58. The van der Waals surface area contributed by atoms with Crippen molar-refractivity contribution in [2.75, 3.05) is 37.7 Å². The minimum Gasteiger partial charge on any atom is -0.342 e. The SMILES string of the molecule is Cl.O=C([C@@H]1CCCNC1)N1CCCSCC1. The highest BCUT2D eigenvalue weighted by molar-refractivity contribution is 7.99. The second kappa shape index (κ2) is 7.41. The molecule has 5 heteroatoms. The van der Waals surface area contributed by atoms with E-state index in [1.807, 2.05) is 11.8 Å². The molecule has 0 aromatic carbocycles. The van der Waals surface area contributed by atoms with Crippen LogP contribution in [0, 0.1) is 5.92 Å². The van der Waals surface area contributed by atoms with E-state index in [0.29, 0.717) is 5.91 Å². The molecule has 2 heterocycles. The molecule has 0 unspecified atom stereocenters. The molecule has 0 aromatic heterocycles. The molecule has 0 aliphatic carbocycles. The van der Waals surface area contributed by atoms with Crippen LogP contribution < -0.4 is 5.32 Å². The lowest BCUT2D eigenvalue weighted by molar-refractivity contribution is -0.135. The number of thioether (sulfide) groups is 1. The fourth-order valence-electron chi connectivity index (χ4n) is 2.29. The van der Waals surface area contributed by atoms with E-state index in [9.17, 15) is 4.79 Å². The molecule has 2 aliphatic heterocycles. The zero-order valence-corrected chi connectivity index (χ0v) is 11.2. The van der Waals surface area contributed by atoms with Crippen LogP contribution in [0.2, 0.25) is 0 Å². The Morgan fingerprint density at radius 2 is 2.12 bits per heavy atom. The smallest absolute Gasteiger partial charge is 0.226 e. The Balaban J connectivity index is 0.00000128. The lowest BCUT2D eigenvalue weighted by Crippen LogP contribution is -2.43. The van der Waals surface area contributed by atoms with E-state index in [4.69, 9.17) is 0 Å². The number of amides is 1. The standard InChI is InChI=1S/C11H20N2OS.ClH/c14-11(10-3-1-4-12-9-10)13-5-2-7-15-8-6-13;/h10,12H,1-9H2;1H/t10-;/m1./s1. The van der Waals surface area contributed by atoms with Gasteiger partial charge in [0.1, 0.15) is 0 Å². The maximum atomic E-state index is 12.2. The van der Waals surface area contributed by atoms with E-state index in [1.165, 1.54) is 5.75 Å². The van der Waals surface area contributed by atoms with Gasteiger partial charge in [0.05, 0.1) is 5.92 Å². The van der Waals surface area contributed by atoms with Crippen molar-refractivity contribution in [1.29, 1.82) is 0 Å². The van der Waals surface area contributed by atoms with Gasteiger partial charge in [-0.05, 0) is 31.6 Å². The highest BCUT2D eigenvalue weighted by atomic mass is 35.5. The fourth-order valence-corrected chi connectivity index (χ4v) is 3.17. The van der Waals surface area contributed by atoms with E-state index < -0.39 is 0 Å². The number of rotatable bonds is 1. The fraction of sp³-hybridized carbons (Fsp3) is 0.909. The number of carbonyl (C=O) groups is 1. The molecule has 0 aromatic rings. The number of carbonyl (C=O) groups excluding carboxylic acids is 1. The van der Waals surface area contributed by atoms with Crippen molar-refractivity contribution in [2.24, 2.45) is 5.92 Å². The van der Waals surface area contributed by atoms with Crippen molar-refractivity contribution >= 4 is 30.1 Å². The van der Waals surface area contributed by atoms with Crippen LogP contribution in [-0.2, 0) is 4.79 Å². The summed E-state index contributed by atoms with van der Waals surface area (Å²) in [6.07, 6.45) is 3.39. The molecule has 2 aliphatic rings. The third-order valence-corrected chi connectivity index (χ3v) is 4.23. The van der Waals surface area contributed by atoms with Crippen LogP contribution in [0.4, 0.5) is 0 Å². The Bertz CT molecular complexity index is 214. The first-order valence-electron chi connectivity index (χ1n) is 5.95. The Morgan fingerprint density at radius 1 is 1.25 bits per heavy atom. The molecular weight excluding hydrogens is 244 g/mol. The molecule has 16 heavy (non-hydrogen) atoms. The van der Waals surface area contributed by atoms with Gasteiger partial charge in [0.15, 0.2) is 0 Å². The lowest BCUT2D eigenvalue weighted by atomic mass is 9.98. The van der Waals surface area contributed by atoms with Crippen molar-refractivity contribution in [1.82, 2.24) is 10.2 Å². The highest BCUT2D eigenvalue weighted by Crippen LogP contribution is 2.16. The largest absolute Gasteiger partial charge is 0.342 e. The molecule has 1 atom stereocenters. The van der Waals surface area contributed by atoms with E-state index in [0.717, 1.165) is 51.2 Å². The predicted molar refractivity (Wildman–Crippen MR) is 71.4 cm³/mol. The molecule has 3 nitrogen and oxygen atoms in total. The Labute approximate surface area is 108 Å². The first-order chi connectivity index (χ1) is 7.38. The molecule has 0 bridgehead atoms. The summed E-state index contributed by atoms with van der Waals surface area (Å²) in [6.45, 7) is 3.91. The molecule has 2 fully saturated rings. The minimum atomic E-state index is 0. The Morgan fingerprint density at radius 3 is 2.88 bits per heavy atom. The summed E-state index contributed by atoms with van der Waals surface area (Å²) in [5, 5.41) is 3.32. The molecule has 0 saturated carbocycles. The van der Waals surface area contributed by atoms with E-state index >= 15 is 0 Å². The van der Waals surface area contributed by atoms with Gasteiger partial charge in [0.2, 0.25) is 5.91 Å². The summed E-state index contributed by atoms with van der Waals surface area (Å²) in [4.78, 5) is 14.3. The van der Waals surface area contributed by atoms with E-state index in [1.54, 1.807) is 0 Å². The normalized spacial score (nSPS) is 26.8. The zero-order chi connectivity index (χ0) is 10.5. The second-order valence-corrected chi connectivity index (χ2v) is 5.56. The number of nitrogens with one attached hydrogen (secondary N) is 1. The van der Waals surface area contributed by atoms with Crippen molar-refractivity contribution in [3.05, 3.63) is 0 Å². The van der Waals surface area contributed by atoms with Crippen molar-refractivity contribution < 1.29 is 4.79 Å². The van der Waals surface area contributed by atoms with Crippen LogP contribution in [0.15, 0.2) is 0 Å². The lowest BCUT2D eigenvalue weighted by Gasteiger charge is -2.28. The third kappa shape index (κ3) is 3.82. The van der Waals surface area contributed by atoms with Gasteiger partial charge in [-0.2, -0.15) is 11.8 Å². The van der Waals surface area contributed by atoms with Crippen LogP contribution in [0.1, 0.15) is 19.3 Å². The summed E-state index contributed by atoms with van der Waals surface area (Å²) in [5.74, 6) is 2.98. The van der Waals surface area contributed by atoms with Gasteiger partial charge in [-0.15, -0.1) is 12.4 Å². The van der Waals surface area contributed by atoms with Gasteiger partial charge < -0.3 is 10.2 Å². The van der Waals surface area contributed by atoms with Gasteiger partial charge in [0, 0.05) is 25.4 Å². The first kappa shape index (κ1) is 14.1. The molecule has 0 spiro atoms. The summed E-state index contributed by atoms with van der Waals surface area (Å²) in [5.41, 5.74) is 0. The van der Waals surface area contributed by atoms with Crippen LogP contribution >= 0.6 is 24.2 Å². The van der Waals surface area contributed by atoms with Gasteiger partial charge in [0.25, 0.3) is 0 Å². The first-order valence-corrected chi connectivity index (χ1v) is 7.10. The van der Waals surface area contributed by atoms with Gasteiger partial charge >= 0.3 is 0 Å². The van der Waals surface area contributed by atoms with Crippen LogP contribution in [-0.4, -0.2) is 48.5 Å². The third-order valence-electron chi connectivity index (χ3n) is 3.18. The van der Waals surface area contributed by atoms with E-state index in [-0.39, 0.29) is 18.3 Å². The quantitative estimate of drug-likeness (QED) is 0.777. The van der Waals surface area contributed by atoms with Gasteiger partial charge in [-0.1, -0.05) is 0 Å². The average molecular weight is 265 g/mol. The van der Waals surface area contributed by atoms with Crippen LogP contribution in [0.3, 0.4) is 0 Å². The number of piperidine rings is 1. The molecule has 1 N–H and O–H groups in total. The minimum absolute atomic E-state index is 0.